The molecule has 3 rings (SSSR count). The Kier molecular flexibility index (Phi) is 3.21. The average Bonchev–Trinajstić information content (AvgIpc) is 3.02. The van der Waals surface area contributed by atoms with E-state index in [1.807, 2.05) is 29.2 Å². The van der Waals surface area contributed by atoms with Gasteiger partial charge in [0.05, 0.1) is 0 Å². The Morgan fingerprint density at radius 1 is 1.32 bits per heavy atom. The molecule has 0 saturated heterocycles. The number of anilines is 1. The molecule has 0 radical (unpaired) electrons. The average molecular weight is 258 g/mol. The third-order valence-corrected chi connectivity index (χ3v) is 4.61. The summed E-state index contributed by atoms with van der Waals surface area (Å²) in [4.78, 5) is 14.5. The molecule has 0 heterocycles. The van der Waals surface area contributed by atoms with Crippen molar-refractivity contribution in [3.8, 4) is 0 Å². The van der Waals surface area contributed by atoms with Gasteiger partial charge in [-0.1, -0.05) is 12.1 Å². The fourth-order valence-electron chi connectivity index (χ4n) is 3.43. The van der Waals surface area contributed by atoms with E-state index in [1.165, 1.54) is 6.42 Å². The predicted octanol–water partition coefficient (Wildman–Crippen LogP) is 2.66. The number of benzene rings is 1. The van der Waals surface area contributed by atoms with E-state index in [0.717, 1.165) is 42.5 Å². The first-order valence-corrected chi connectivity index (χ1v) is 7.30. The minimum Gasteiger partial charge on any atom is -0.399 e. The van der Waals surface area contributed by atoms with Crippen LogP contribution in [0.5, 0.6) is 0 Å². The Morgan fingerprint density at radius 3 is 2.68 bits per heavy atom. The zero-order valence-electron chi connectivity index (χ0n) is 11.5. The van der Waals surface area contributed by atoms with Crippen LogP contribution in [0.3, 0.4) is 0 Å². The van der Waals surface area contributed by atoms with Gasteiger partial charge in [-0.25, -0.2) is 0 Å². The molecule has 0 aromatic heterocycles. The summed E-state index contributed by atoms with van der Waals surface area (Å²) in [5.74, 6) is 2.35. The number of nitrogen functional groups attached to an aromatic ring is 1. The molecule has 1 aromatic carbocycles. The van der Waals surface area contributed by atoms with E-state index in [0.29, 0.717) is 12.5 Å². The van der Waals surface area contributed by atoms with Crippen LogP contribution in [0.4, 0.5) is 5.69 Å². The molecule has 3 heteroatoms. The van der Waals surface area contributed by atoms with E-state index >= 15 is 0 Å². The van der Waals surface area contributed by atoms with Crippen LogP contribution < -0.4 is 5.73 Å². The van der Waals surface area contributed by atoms with Gasteiger partial charge in [0.2, 0.25) is 5.91 Å². The van der Waals surface area contributed by atoms with Crippen molar-refractivity contribution in [2.75, 3.05) is 12.3 Å². The van der Waals surface area contributed by atoms with Gasteiger partial charge in [-0.2, -0.15) is 0 Å². The zero-order valence-corrected chi connectivity index (χ0v) is 11.5. The molecule has 19 heavy (non-hydrogen) atoms. The summed E-state index contributed by atoms with van der Waals surface area (Å²) in [5.41, 5.74) is 7.68. The van der Waals surface area contributed by atoms with Gasteiger partial charge in [0.15, 0.2) is 0 Å². The van der Waals surface area contributed by atoms with Crippen LogP contribution in [0.2, 0.25) is 0 Å². The summed E-state index contributed by atoms with van der Waals surface area (Å²) >= 11 is 0. The molecule has 0 spiro atoms. The van der Waals surface area contributed by atoms with Crippen molar-refractivity contribution in [2.24, 2.45) is 17.8 Å². The number of nitrogens with zero attached hydrogens (tertiary/aromatic N) is 1. The van der Waals surface area contributed by atoms with Crippen LogP contribution in [-0.4, -0.2) is 17.4 Å². The van der Waals surface area contributed by atoms with Gasteiger partial charge in [0.25, 0.3) is 0 Å². The van der Waals surface area contributed by atoms with Gasteiger partial charge >= 0.3 is 0 Å². The van der Waals surface area contributed by atoms with Crippen LogP contribution in [-0.2, 0) is 11.3 Å². The Labute approximate surface area is 114 Å². The molecule has 102 valence electrons. The molecule has 2 aliphatic rings. The molecule has 1 aromatic rings. The van der Waals surface area contributed by atoms with Crippen LogP contribution in [0.1, 0.15) is 31.7 Å². The lowest BCUT2D eigenvalue weighted by Crippen LogP contribution is -2.35. The third kappa shape index (κ3) is 2.60. The minimum absolute atomic E-state index is 0.282. The zero-order chi connectivity index (χ0) is 13.4. The Morgan fingerprint density at radius 2 is 2.05 bits per heavy atom. The lowest BCUT2D eigenvalue weighted by molar-refractivity contribution is -0.136. The van der Waals surface area contributed by atoms with E-state index in [9.17, 15) is 4.79 Å². The smallest absolute Gasteiger partial charge is 0.225 e. The van der Waals surface area contributed by atoms with Crippen LogP contribution in [0, 0.1) is 17.8 Å². The summed E-state index contributed by atoms with van der Waals surface area (Å²) in [6.07, 6.45) is 3.61. The molecule has 2 aliphatic carbocycles. The van der Waals surface area contributed by atoms with Crippen molar-refractivity contribution in [3.05, 3.63) is 29.8 Å². The maximum atomic E-state index is 12.5. The number of carbonyl (C=O) groups is 1. The number of hydrogen-bond donors (Lipinski definition) is 1. The van der Waals surface area contributed by atoms with Crippen molar-refractivity contribution >= 4 is 11.6 Å². The van der Waals surface area contributed by atoms with Crippen molar-refractivity contribution in [1.29, 1.82) is 0 Å². The molecule has 1 amide bonds. The number of amides is 1. The second-order valence-electron chi connectivity index (χ2n) is 6.02. The Hall–Kier alpha value is -1.51. The van der Waals surface area contributed by atoms with E-state index < -0.39 is 0 Å². The first-order valence-electron chi connectivity index (χ1n) is 7.30. The topological polar surface area (TPSA) is 46.3 Å². The largest absolute Gasteiger partial charge is 0.399 e. The maximum absolute atomic E-state index is 12.5. The minimum atomic E-state index is 0.282. The highest BCUT2D eigenvalue weighted by molar-refractivity contribution is 5.79. The molecule has 2 saturated carbocycles. The van der Waals surface area contributed by atoms with Crippen LogP contribution in [0.15, 0.2) is 24.3 Å². The predicted molar refractivity (Wildman–Crippen MR) is 76.3 cm³/mol. The summed E-state index contributed by atoms with van der Waals surface area (Å²) < 4.78 is 0. The highest BCUT2D eigenvalue weighted by Crippen LogP contribution is 2.54. The van der Waals surface area contributed by atoms with Gasteiger partial charge in [0.1, 0.15) is 0 Å². The lowest BCUT2D eigenvalue weighted by Gasteiger charge is -2.25. The second kappa shape index (κ2) is 4.87. The highest BCUT2D eigenvalue weighted by atomic mass is 16.2. The molecule has 0 bridgehead atoms. The molecule has 2 unspecified atom stereocenters. The normalized spacial score (nSPS) is 27.9. The van der Waals surface area contributed by atoms with Gasteiger partial charge < -0.3 is 10.6 Å². The number of carbonyl (C=O) groups excluding carboxylic acids is 1. The Balaban J connectivity index is 1.65. The summed E-state index contributed by atoms with van der Waals surface area (Å²) in [6.45, 7) is 3.52. The molecule has 0 aliphatic heterocycles. The van der Waals surface area contributed by atoms with Crippen LogP contribution in [0.25, 0.3) is 0 Å². The first-order chi connectivity index (χ1) is 9.17. The van der Waals surface area contributed by atoms with Gasteiger partial charge in [-0.3, -0.25) is 4.79 Å². The van der Waals surface area contributed by atoms with E-state index in [1.54, 1.807) is 0 Å². The number of fused-ring (bicyclic) bond motifs is 1. The third-order valence-electron chi connectivity index (χ3n) is 4.61. The van der Waals surface area contributed by atoms with Gasteiger partial charge in [0, 0.05) is 24.7 Å². The molecule has 2 atom stereocenters. The summed E-state index contributed by atoms with van der Waals surface area (Å²) in [6, 6.07) is 7.83. The van der Waals surface area contributed by atoms with E-state index in [-0.39, 0.29) is 5.92 Å². The highest BCUT2D eigenvalue weighted by Gasteiger charge is 2.48. The van der Waals surface area contributed by atoms with Crippen molar-refractivity contribution in [3.63, 3.8) is 0 Å². The standard InChI is InChI=1S/C16H22N2O/c1-2-18(10-11-4-3-5-15(17)6-11)16(19)14-8-12-7-13(12)9-14/h3-6,12-14H,2,7-10,17H2,1H3. The molecule has 3 nitrogen and oxygen atoms in total. The quantitative estimate of drug-likeness (QED) is 0.844. The fourth-order valence-corrected chi connectivity index (χ4v) is 3.43. The van der Waals surface area contributed by atoms with Crippen LogP contribution >= 0.6 is 0 Å². The summed E-state index contributed by atoms with van der Waals surface area (Å²) in [7, 11) is 0. The molecular weight excluding hydrogens is 236 g/mol. The number of rotatable bonds is 4. The molecular formula is C16H22N2O. The SMILES string of the molecule is CCN(Cc1cccc(N)c1)C(=O)C1CC2CC2C1. The van der Waals surface area contributed by atoms with Crippen molar-refractivity contribution in [1.82, 2.24) is 4.90 Å². The monoisotopic (exact) mass is 258 g/mol. The molecule has 2 fully saturated rings. The summed E-state index contributed by atoms with van der Waals surface area (Å²) in [5, 5.41) is 0. The van der Waals surface area contributed by atoms with Crippen molar-refractivity contribution < 1.29 is 4.79 Å². The maximum Gasteiger partial charge on any atom is 0.225 e. The second-order valence-corrected chi connectivity index (χ2v) is 6.02. The van der Waals surface area contributed by atoms with E-state index in [2.05, 4.69) is 6.92 Å². The first kappa shape index (κ1) is 12.5. The molecule has 2 N–H and O–H groups in total. The fraction of sp³-hybridized carbons (Fsp3) is 0.562. The number of nitrogens with two attached hydrogens (primary N) is 1. The Bertz CT molecular complexity index is 475. The van der Waals surface area contributed by atoms with E-state index in [4.69, 9.17) is 5.73 Å². The van der Waals surface area contributed by atoms with Gasteiger partial charge in [-0.15, -0.1) is 0 Å². The number of hydrogen-bond acceptors (Lipinski definition) is 2. The lowest BCUT2D eigenvalue weighted by atomic mass is 10.0. The van der Waals surface area contributed by atoms with Gasteiger partial charge in [-0.05, 0) is 55.7 Å². The van der Waals surface area contributed by atoms with Crippen molar-refractivity contribution in [2.45, 2.75) is 32.7 Å².